The highest BCUT2D eigenvalue weighted by atomic mass is 16.5. The maximum Gasteiger partial charge on any atom is 0.321 e. The molecule has 0 saturated carbocycles. The zero-order chi connectivity index (χ0) is 14.6. The number of urea groups is 1. The van der Waals surface area contributed by atoms with Gasteiger partial charge in [0, 0.05) is 12.7 Å². The van der Waals surface area contributed by atoms with Crippen molar-refractivity contribution in [2.75, 3.05) is 12.8 Å². The number of nitrogen functional groups attached to an aromatic ring is 1. The second kappa shape index (κ2) is 6.08. The maximum atomic E-state index is 11.7. The van der Waals surface area contributed by atoms with E-state index >= 15 is 0 Å². The molecule has 0 fully saturated rings. The molecule has 1 atom stereocenters. The van der Waals surface area contributed by atoms with Gasteiger partial charge >= 0.3 is 6.03 Å². The van der Waals surface area contributed by atoms with Crippen LogP contribution in [-0.4, -0.2) is 25.1 Å². The Morgan fingerprint density at radius 3 is 2.47 bits per heavy atom. The smallest absolute Gasteiger partial charge is 0.321 e. The van der Waals surface area contributed by atoms with Crippen molar-refractivity contribution < 1.29 is 14.3 Å². The second-order valence-corrected chi connectivity index (χ2v) is 4.30. The quantitative estimate of drug-likeness (QED) is 0.714. The SMILES string of the molecule is CNC(=O)NC(=O)C(C)Oc1cc(C)c(N)cc1C. The van der Waals surface area contributed by atoms with E-state index in [0.29, 0.717) is 11.4 Å². The first kappa shape index (κ1) is 14.8. The van der Waals surface area contributed by atoms with Crippen molar-refractivity contribution in [3.63, 3.8) is 0 Å². The van der Waals surface area contributed by atoms with Gasteiger partial charge in [-0.2, -0.15) is 0 Å². The highest BCUT2D eigenvalue weighted by Crippen LogP contribution is 2.25. The Hall–Kier alpha value is -2.24. The molecule has 6 heteroatoms. The highest BCUT2D eigenvalue weighted by molar-refractivity contribution is 5.96. The van der Waals surface area contributed by atoms with Crippen molar-refractivity contribution in [3.05, 3.63) is 23.3 Å². The van der Waals surface area contributed by atoms with Crippen molar-refractivity contribution in [2.45, 2.75) is 26.9 Å². The van der Waals surface area contributed by atoms with Crippen molar-refractivity contribution in [1.82, 2.24) is 10.6 Å². The van der Waals surface area contributed by atoms with Gasteiger partial charge in [0.2, 0.25) is 0 Å². The van der Waals surface area contributed by atoms with Crippen molar-refractivity contribution in [2.24, 2.45) is 0 Å². The molecular formula is C13H19N3O3. The van der Waals surface area contributed by atoms with Gasteiger partial charge in [0.15, 0.2) is 6.10 Å². The van der Waals surface area contributed by atoms with Gasteiger partial charge in [-0.25, -0.2) is 4.79 Å². The predicted octanol–water partition coefficient (Wildman–Crippen LogP) is 1.11. The molecule has 1 rings (SSSR count). The standard InChI is InChI=1S/C13H19N3O3/c1-7-6-11(8(2)5-10(7)14)19-9(3)12(17)16-13(18)15-4/h5-6,9H,14H2,1-4H3,(H2,15,16,17,18). The van der Waals surface area contributed by atoms with Gasteiger partial charge in [0.05, 0.1) is 0 Å². The number of carbonyl (C=O) groups excluding carboxylic acids is 2. The minimum Gasteiger partial charge on any atom is -0.481 e. The average Bonchev–Trinajstić information content (AvgIpc) is 2.35. The van der Waals surface area contributed by atoms with Crippen LogP contribution in [0.4, 0.5) is 10.5 Å². The van der Waals surface area contributed by atoms with E-state index in [9.17, 15) is 9.59 Å². The molecule has 3 amide bonds. The zero-order valence-electron chi connectivity index (χ0n) is 11.5. The molecule has 0 radical (unpaired) electrons. The molecule has 6 nitrogen and oxygen atoms in total. The van der Waals surface area contributed by atoms with Gasteiger partial charge in [0.25, 0.3) is 5.91 Å². The fourth-order valence-corrected chi connectivity index (χ4v) is 1.46. The van der Waals surface area contributed by atoms with E-state index in [1.807, 2.05) is 13.8 Å². The number of benzene rings is 1. The number of imide groups is 1. The lowest BCUT2D eigenvalue weighted by atomic mass is 10.1. The third kappa shape index (κ3) is 3.87. The number of amides is 3. The van der Waals surface area contributed by atoms with Crippen LogP contribution in [0.1, 0.15) is 18.1 Å². The number of aryl methyl sites for hydroxylation is 2. The number of ether oxygens (including phenoxy) is 1. The molecule has 1 aromatic rings. The average molecular weight is 265 g/mol. The number of hydrogen-bond acceptors (Lipinski definition) is 4. The van der Waals surface area contributed by atoms with E-state index in [-0.39, 0.29) is 0 Å². The Balaban J connectivity index is 2.77. The normalized spacial score (nSPS) is 11.6. The van der Waals surface area contributed by atoms with Gasteiger partial charge < -0.3 is 15.8 Å². The Labute approximate surface area is 112 Å². The first-order valence-corrected chi connectivity index (χ1v) is 5.91. The van der Waals surface area contributed by atoms with Gasteiger partial charge in [-0.15, -0.1) is 0 Å². The van der Waals surface area contributed by atoms with Gasteiger partial charge in [-0.1, -0.05) is 0 Å². The minimum atomic E-state index is -0.779. The first-order valence-electron chi connectivity index (χ1n) is 5.91. The molecule has 0 heterocycles. The molecule has 104 valence electrons. The lowest BCUT2D eigenvalue weighted by molar-refractivity contribution is -0.126. The van der Waals surface area contributed by atoms with Gasteiger partial charge in [-0.05, 0) is 44.0 Å². The predicted molar refractivity (Wildman–Crippen MR) is 73.0 cm³/mol. The van der Waals surface area contributed by atoms with Crippen molar-refractivity contribution in [1.29, 1.82) is 0 Å². The fraction of sp³-hybridized carbons (Fsp3) is 0.385. The molecule has 19 heavy (non-hydrogen) atoms. The molecule has 1 unspecified atom stereocenters. The molecule has 0 aliphatic heterocycles. The lowest BCUT2D eigenvalue weighted by Crippen LogP contribution is -2.44. The second-order valence-electron chi connectivity index (χ2n) is 4.30. The zero-order valence-corrected chi connectivity index (χ0v) is 11.5. The van der Waals surface area contributed by atoms with Crippen LogP contribution in [0.5, 0.6) is 5.75 Å². The molecule has 0 saturated heterocycles. The van der Waals surface area contributed by atoms with E-state index in [0.717, 1.165) is 11.1 Å². The summed E-state index contributed by atoms with van der Waals surface area (Å²) in [6, 6.07) is 2.99. The molecule has 1 aromatic carbocycles. The summed E-state index contributed by atoms with van der Waals surface area (Å²) in [6.45, 7) is 5.27. The molecular weight excluding hydrogens is 246 g/mol. The number of hydrogen-bond donors (Lipinski definition) is 3. The summed E-state index contributed by atoms with van der Waals surface area (Å²) >= 11 is 0. The lowest BCUT2D eigenvalue weighted by Gasteiger charge is -2.16. The highest BCUT2D eigenvalue weighted by Gasteiger charge is 2.18. The van der Waals surface area contributed by atoms with Crippen LogP contribution >= 0.6 is 0 Å². The van der Waals surface area contributed by atoms with Crippen LogP contribution in [-0.2, 0) is 4.79 Å². The molecule has 0 aliphatic rings. The van der Waals surface area contributed by atoms with Crippen LogP contribution in [0.3, 0.4) is 0 Å². The van der Waals surface area contributed by atoms with Crippen LogP contribution in [0.25, 0.3) is 0 Å². The summed E-state index contributed by atoms with van der Waals surface area (Å²) in [5.41, 5.74) is 8.16. The van der Waals surface area contributed by atoms with Gasteiger partial charge in [-0.3, -0.25) is 10.1 Å². The topological polar surface area (TPSA) is 93.5 Å². The summed E-state index contributed by atoms with van der Waals surface area (Å²) < 4.78 is 5.54. The van der Waals surface area contributed by atoms with E-state index in [1.54, 1.807) is 19.1 Å². The number of nitrogens with one attached hydrogen (secondary N) is 2. The fourth-order valence-electron chi connectivity index (χ4n) is 1.46. The molecule has 0 spiro atoms. The summed E-state index contributed by atoms with van der Waals surface area (Å²) in [7, 11) is 1.43. The Morgan fingerprint density at radius 1 is 1.26 bits per heavy atom. The summed E-state index contributed by atoms with van der Waals surface area (Å²) in [5.74, 6) is 0.0690. The Kier molecular flexibility index (Phi) is 4.74. The monoisotopic (exact) mass is 265 g/mol. The Bertz CT molecular complexity index is 500. The van der Waals surface area contributed by atoms with E-state index < -0.39 is 18.0 Å². The minimum absolute atomic E-state index is 0.506. The van der Waals surface area contributed by atoms with E-state index in [4.69, 9.17) is 10.5 Å². The van der Waals surface area contributed by atoms with Gasteiger partial charge in [0.1, 0.15) is 5.75 Å². The number of nitrogens with two attached hydrogens (primary N) is 1. The van der Waals surface area contributed by atoms with Crippen LogP contribution in [0.2, 0.25) is 0 Å². The third-order valence-electron chi connectivity index (χ3n) is 2.70. The molecule has 0 aliphatic carbocycles. The van der Waals surface area contributed by atoms with E-state index in [2.05, 4.69) is 10.6 Å². The summed E-state index contributed by atoms with van der Waals surface area (Å²) in [6.07, 6.45) is -0.779. The maximum absolute atomic E-state index is 11.7. The number of carbonyl (C=O) groups is 2. The first-order chi connectivity index (χ1) is 8.85. The number of rotatable bonds is 3. The Morgan fingerprint density at radius 2 is 1.89 bits per heavy atom. The van der Waals surface area contributed by atoms with E-state index in [1.165, 1.54) is 7.05 Å². The van der Waals surface area contributed by atoms with Crippen molar-refractivity contribution in [3.8, 4) is 5.75 Å². The summed E-state index contributed by atoms with van der Waals surface area (Å²) in [4.78, 5) is 22.7. The third-order valence-corrected chi connectivity index (χ3v) is 2.70. The largest absolute Gasteiger partial charge is 0.481 e. The molecule has 0 bridgehead atoms. The molecule has 0 aromatic heterocycles. The van der Waals surface area contributed by atoms with Crippen LogP contribution < -0.4 is 21.1 Å². The molecule has 4 N–H and O–H groups in total. The summed E-state index contributed by atoms with van der Waals surface area (Å²) in [5, 5.41) is 4.46. The van der Waals surface area contributed by atoms with Crippen LogP contribution in [0.15, 0.2) is 12.1 Å². The number of anilines is 1. The van der Waals surface area contributed by atoms with Crippen LogP contribution in [0, 0.1) is 13.8 Å². The van der Waals surface area contributed by atoms with Crippen molar-refractivity contribution >= 4 is 17.6 Å².